The van der Waals surface area contributed by atoms with Gasteiger partial charge >= 0.3 is 5.97 Å². The van der Waals surface area contributed by atoms with Crippen LogP contribution in [-0.4, -0.2) is 29.8 Å². The van der Waals surface area contributed by atoms with E-state index in [2.05, 4.69) is 5.32 Å². The highest BCUT2D eigenvalue weighted by atomic mass is 19.1. The van der Waals surface area contributed by atoms with Crippen molar-refractivity contribution >= 4 is 5.97 Å². The third-order valence-corrected chi connectivity index (χ3v) is 3.06. The number of carboxylic acids is 1. The summed E-state index contributed by atoms with van der Waals surface area (Å²) < 4.78 is 13.1. The molecule has 4 atom stereocenters. The summed E-state index contributed by atoms with van der Waals surface area (Å²) in [4.78, 5) is 10.7. The maximum absolute atomic E-state index is 13.1. The first-order valence-corrected chi connectivity index (χ1v) is 4.30. The third-order valence-electron chi connectivity index (χ3n) is 3.06. The van der Waals surface area contributed by atoms with Crippen LogP contribution in [0, 0.1) is 11.8 Å². The van der Waals surface area contributed by atoms with Gasteiger partial charge in [-0.1, -0.05) is 0 Å². The van der Waals surface area contributed by atoms with Crippen LogP contribution in [0.1, 0.15) is 12.8 Å². The predicted octanol–water partition coefficient (Wildman–Crippen LogP) is 0.407. The summed E-state index contributed by atoms with van der Waals surface area (Å²) in [6.07, 6.45) is 0.475. The van der Waals surface area contributed by atoms with E-state index < -0.39 is 18.2 Å². The van der Waals surface area contributed by atoms with Gasteiger partial charge in [0.1, 0.15) is 12.2 Å². The van der Waals surface area contributed by atoms with Gasteiger partial charge in [0, 0.05) is 12.5 Å². The highest BCUT2D eigenvalue weighted by Gasteiger charge is 2.47. The van der Waals surface area contributed by atoms with E-state index >= 15 is 0 Å². The Balaban J connectivity index is 2.10. The Morgan fingerprint density at radius 2 is 2.17 bits per heavy atom. The van der Waals surface area contributed by atoms with Crippen molar-refractivity contribution in [2.45, 2.75) is 25.1 Å². The smallest absolute Gasteiger partial charge is 0.320 e. The second kappa shape index (κ2) is 2.69. The number of rotatable bonds is 1. The first kappa shape index (κ1) is 7.98. The fourth-order valence-corrected chi connectivity index (χ4v) is 2.43. The minimum atomic E-state index is -0.836. The van der Waals surface area contributed by atoms with Crippen molar-refractivity contribution in [3.8, 4) is 0 Å². The van der Waals surface area contributed by atoms with Crippen LogP contribution in [0.2, 0.25) is 0 Å². The Hall–Kier alpha value is -0.640. The number of carboxylic acid groups (broad SMARTS) is 1. The van der Waals surface area contributed by atoms with Crippen LogP contribution in [0.15, 0.2) is 0 Å². The molecule has 0 aromatic heterocycles. The molecule has 2 rings (SSSR count). The average molecular weight is 173 g/mol. The Morgan fingerprint density at radius 3 is 2.83 bits per heavy atom. The highest BCUT2D eigenvalue weighted by molar-refractivity contribution is 5.74. The van der Waals surface area contributed by atoms with Gasteiger partial charge in [-0.2, -0.15) is 0 Å². The average Bonchev–Trinajstić information content (AvgIpc) is 2.53. The van der Waals surface area contributed by atoms with Gasteiger partial charge in [0.15, 0.2) is 0 Å². The van der Waals surface area contributed by atoms with E-state index in [0.717, 1.165) is 6.42 Å². The summed E-state index contributed by atoms with van der Waals surface area (Å²) in [5.41, 5.74) is 0. The zero-order valence-corrected chi connectivity index (χ0v) is 6.66. The minimum absolute atomic E-state index is 0.0255. The number of carbonyl (C=O) groups is 1. The minimum Gasteiger partial charge on any atom is -0.480 e. The molecule has 1 aliphatic heterocycles. The fourth-order valence-electron chi connectivity index (χ4n) is 2.43. The van der Waals surface area contributed by atoms with Crippen LogP contribution in [0.4, 0.5) is 4.39 Å². The van der Waals surface area contributed by atoms with Crippen molar-refractivity contribution < 1.29 is 14.3 Å². The molecule has 0 spiro atoms. The SMILES string of the molecule is O=C(O)[C@@H]1NC[C@H]2[C@@H]1CC[C@@H]2F. The lowest BCUT2D eigenvalue weighted by Crippen LogP contribution is -2.35. The number of halogens is 1. The van der Waals surface area contributed by atoms with E-state index in [0.29, 0.717) is 13.0 Å². The lowest BCUT2D eigenvalue weighted by atomic mass is 9.94. The van der Waals surface area contributed by atoms with Crippen LogP contribution in [0.5, 0.6) is 0 Å². The normalized spacial score (nSPS) is 46.1. The first-order valence-electron chi connectivity index (χ1n) is 4.30. The molecule has 0 amide bonds. The zero-order valence-electron chi connectivity index (χ0n) is 6.66. The van der Waals surface area contributed by atoms with Gasteiger partial charge in [-0.15, -0.1) is 0 Å². The van der Waals surface area contributed by atoms with Crippen molar-refractivity contribution in [2.24, 2.45) is 11.8 Å². The van der Waals surface area contributed by atoms with Crippen molar-refractivity contribution in [2.75, 3.05) is 6.54 Å². The molecule has 0 radical (unpaired) electrons. The molecule has 1 saturated heterocycles. The molecule has 1 aliphatic carbocycles. The number of alkyl halides is 1. The van der Waals surface area contributed by atoms with Crippen LogP contribution in [0.25, 0.3) is 0 Å². The number of nitrogens with one attached hydrogen (secondary N) is 1. The standard InChI is InChI=1S/C8H12FNO2/c9-6-2-1-4-5(6)3-10-7(4)8(11)12/h4-7,10H,1-3H2,(H,11,12)/t4-,5-,6-,7+/m0/s1. The fraction of sp³-hybridized carbons (Fsp3) is 0.875. The van der Waals surface area contributed by atoms with E-state index in [1.165, 1.54) is 0 Å². The van der Waals surface area contributed by atoms with Crippen molar-refractivity contribution in [3.63, 3.8) is 0 Å². The largest absolute Gasteiger partial charge is 0.480 e. The molecule has 4 heteroatoms. The molecule has 12 heavy (non-hydrogen) atoms. The Bertz CT molecular complexity index is 209. The Morgan fingerprint density at radius 1 is 1.42 bits per heavy atom. The Labute approximate surface area is 70.0 Å². The molecule has 68 valence electrons. The number of aliphatic carboxylic acids is 1. The van der Waals surface area contributed by atoms with E-state index in [1.807, 2.05) is 0 Å². The number of hydrogen-bond acceptors (Lipinski definition) is 2. The molecule has 0 aromatic rings. The lowest BCUT2D eigenvalue weighted by Gasteiger charge is -2.12. The molecule has 0 unspecified atom stereocenters. The maximum atomic E-state index is 13.1. The zero-order chi connectivity index (χ0) is 8.72. The summed E-state index contributed by atoms with van der Waals surface area (Å²) in [5.74, 6) is -0.861. The van der Waals surface area contributed by atoms with Gasteiger partial charge in [-0.05, 0) is 18.8 Å². The summed E-state index contributed by atoms with van der Waals surface area (Å²) in [6, 6.07) is -0.504. The molecule has 2 N–H and O–H groups in total. The maximum Gasteiger partial charge on any atom is 0.320 e. The third kappa shape index (κ3) is 1.02. The lowest BCUT2D eigenvalue weighted by molar-refractivity contribution is -0.140. The second-order valence-electron chi connectivity index (χ2n) is 3.65. The molecular weight excluding hydrogens is 161 g/mol. The molecule has 0 bridgehead atoms. The quantitative estimate of drug-likeness (QED) is 0.603. The van der Waals surface area contributed by atoms with E-state index in [1.54, 1.807) is 0 Å². The summed E-state index contributed by atoms with van der Waals surface area (Å²) >= 11 is 0. The van der Waals surface area contributed by atoms with Gasteiger partial charge in [-0.3, -0.25) is 4.79 Å². The van der Waals surface area contributed by atoms with Crippen molar-refractivity contribution in [1.82, 2.24) is 5.32 Å². The molecule has 3 nitrogen and oxygen atoms in total. The number of hydrogen-bond donors (Lipinski definition) is 2. The van der Waals surface area contributed by atoms with Gasteiger partial charge in [0.2, 0.25) is 0 Å². The van der Waals surface area contributed by atoms with E-state index in [4.69, 9.17) is 5.11 Å². The molecule has 2 aliphatic rings. The Kier molecular flexibility index (Phi) is 1.79. The van der Waals surface area contributed by atoms with E-state index in [9.17, 15) is 9.18 Å². The molecule has 2 fully saturated rings. The molecule has 0 aromatic carbocycles. The number of fused-ring (bicyclic) bond motifs is 1. The topological polar surface area (TPSA) is 49.3 Å². The van der Waals surface area contributed by atoms with Crippen LogP contribution >= 0.6 is 0 Å². The van der Waals surface area contributed by atoms with Crippen LogP contribution < -0.4 is 5.32 Å². The molecule has 1 saturated carbocycles. The first-order chi connectivity index (χ1) is 5.70. The van der Waals surface area contributed by atoms with Crippen LogP contribution in [-0.2, 0) is 4.79 Å². The summed E-state index contributed by atoms with van der Waals surface area (Å²) in [5, 5.41) is 11.6. The van der Waals surface area contributed by atoms with Crippen LogP contribution in [0.3, 0.4) is 0 Å². The van der Waals surface area contributed by atoms with E-state index in [-0.39, 0.29) is 11.8 Å². The van der Waals surface area contributed by atoms with Gasteiger partial charge in [0.05, 0.1) is 0 Å². The summed E-state index contributed by atoms with van der Waals surface area (Å²) in [6.45, 7) is 0.531. The van der Waals surface area contributed by atoms with Gasteiger partial charge in [0.25, 0.3) is 0 Å². The van der Waals surface area contributed by atoms with Crippen molar-refractivity contribution in [1.29, 1.82) is 0 Å². The van der Waals surface area contributed by atoms with Gasteiger partial charge in [-0.25, -0.2) is 4.39 Å². The predicted molar refractivity (Wildman–Crippen MR) is 40.5 cm³/mol. The second-order valence-corrected chi connectivity index (χ2v) is 3.65. The molecular formula is C8H12FNO2. The highest BCUT2D eigenvalue weighted by Crippen LogP contribution is 2.39. The van der Waals surface area contributed by atoms with Crippen molar-refractivity contribution in [3.05, 3.63) is 0 Å². The van der Waals surface area contributed by atoms with Gasteiger partial charge < -0.3 is 10.4 Å². The monoisotopic (exact) mass is 173 g/mol. The molecule has 1 heterocycles. The summed E-state index contributed by atoms with van der Waals surface area (Å²) in [7, 11) is 0.